The Kier molecular flexibility index (Phi) is 6.05. The third-order valence-electron chi connectivity index (χ3n) is 5.72. The van der Waals surface area contributed by atoms with Crippen LogP contribution in [0, 0.1) is 0 Å². The van der Waals surface area contributed by atoms with Gasteiger partial charge in [-0.25, -0.2) is 17.7 Å². The molecule has 1 aliphatic rings. The van der Waals surface area contributed by atoms with Gasteiger partial charge in [0.1, 0.15) is 0 Å². The van der Waals surface area contributed by atoms with Gasteiger partial charge in [0.15, 0.2) is 0 Å². The predicted octanol–water partition coefficient (Wildman–Crippen LogP) is 4.70. The summed E-state index contributed by atoms with van der Waals surface area (Å²) in [6, 6.07) is 12.2. The number of fused-ring (bicyclic) bond motifs is 1. The van der Waals surface area contributed by atoms with Gasteiger partial charge in [-0.15, -0.1) is 0 Å². The maximum Gasteiger partial charge on any atom is 0.259 e. The van der Waals surface area contributed by atoms with Crippen LogP contribution in [-0.4, -0.2) is 42.3 Å². The van der Waals surface area contributed by atoms with Gasteiger partial charge in [-0.3, -0.25) is 10.1 Å². The standard InChI is InChI=1S/C22H25ClN4O3S/c1-26(2)31(29,30)16-12-13-18(23)17(14-16)21(28)25-22-24-19-10-6-7-11-20(19)27(22)15-8-4-3-5-9-15/h6-7,10-15H,3-5,8-9H2,1-2H3,(H,24,25,28). The summed E-state index contributed by atoms with van der Waals surface area (Å²) in [6.45, 7) is 0. The minimum Gasteiger partial charge on any atom is -0.307 e. The van der Waals surface area contributed by atoms with E-state index in [0.717, 1.165) is 41.0 Å². The van der Waals surface area contributed by atoms with Gasteiger partial charge in [0.25, 0.3) is 5.91 Å². The van der Waals surface area contributed by atoms with Crippen LogP contribution >= 0.6 is 11.6 Å². The minimum absolute atomic E-state index is 0.00725. The first kappa shape index (κ1) is 21.8. The van der Waals surface area contributed by atoms with Crippen LogP contribution in [0.5, 0.6) is 0 Å². The van der Waals surface area contributed by atoms with E-state index in [1.54, 1.807) is 0 Å². The lowest BCUT2D eigenvalue weighted by atomic mass is 9.95. The number of carbonyl (C=O) groups excluding carboxylic acids is 1. The number of anilines is 1. The number of rotatable bonds is 5. The fourth-order valence-corrected chi connectivity index (χ4v) is 5.19. The first-order valence-electron chi connectivity index (χ1n) is 10.3. The molecule has 1 aliphatic carbocycles. The average Bonchev–Trinajstić information content (AvgIpc) is 3.12. The Morgan fingerprint density at radius 3 is 2.55 bits per heavy atom. The SMILES string of the molecule is CN(C)S(=O)(=O)c1ccc(Cl)c(C(=O)Nc2nc3ccccc3n2C2CCCCC2)c1. The second-order valence-corrected chi connectivity index (χ2v) is 10.5. The van der Waals surface area contributed by atoms with Crippen LogP contribution in [0.1, 0.15) is 48.5 Å². The van der Waals surface area contributed by atoms with Crippen LogP contribution in [0.3, 0.4) is 0 Å². The molecule has 0 radical (unpaired) electrons. The van der Waals surface area contributed by atoms with Gasteiger partial charge in [-0.2, -0.15) is 0 Å². The Labute approximate surface area is 187 Å². The summed E-state index contributed by atoms with van der Waals surface area (Å²) in [5.41, 5.74) is 1.87. The van der Waals surface area contributed by atoms with E-state index in [9.17, 15) is 13.2 Å². The van der Waals surface area contributed by atoms with E-state index < -0.39 is 15.9 Å². The number of nitrogens with zero attached hydrogens (tertiary/aromatic N) is 3. The van der Waals surface area contributed by atoms with Crippen molar-refractivity contribution >= 4 is 44.5 Å². The zero-order chi connectivity index (χ0) is 22.2. The summed E-state index contributed by atoms with van der Waals surface area (Å²) in [4.78, 5) is 17.8. The van der Waals surface area contributed by atoms with Crippen molar-refractivity contribution in [2.45, 2.75) is 43.0 Å². The van der Waals surface area contributed by atoms with Gasteiger partial charge in [0.2, 0.25) is 16.0 Å². The summed E-state index contributed by atoms with van der Waals surface area (Å²) in [5, 5.41) is 3.06. The number of imidazole rings is 1. The van der Waals surface area contributed by atoms with E-state index in [4.69, 9.17) is 11.6 Å². The molecule has 7 nitrogen and oxygen atoms in total. The second kappa shape index (κ2) is 8.61. The fraction of sp³-hybridized carbons (Fsp3) is 0.364. The van der Waals surface area contributed by atoms with Crippen LogP contribution in [0.2, 0.25) is 5.02 Å². The molecule has 31 heavy (non-hydrogen) atoms. The maximum absolute atomic E-state index is 13.1. The Bertz CT molecular complexity index is 1230. The molecule has 1 saturated carbocycles. The Morgan fingerprint density at radius 2 is 1.84 bits per heavy atom. The number of amides is 1. The summed E-state index contributed by atoms with van der Waals surface area (Å²) in [5.74, 6) is -0.0387. The van der Waals surface area contributed by atoms with Gasteiger partial charge in [0, 0.05) is 20.1 Å². The lowest BCUT2D eigenvalue weighted by Crippen LogP contribution is -2.23. The van der Waals surface area contributed by atoms with Gasteiger partial charge in [0.05, 0.1) is 26.5 Å². The van der Waals surface area contributed by atoms with Gasteiger partial charge < -0.3 is 4.57 Å². The van der Waals surface area contributed by atoms with Gasteiger partial charge >= 0.3 is 0 Å². The van der Waals surface area contributed by atoms with Crippen molar-refractivity contribution in [2.75, 3.05) is 19.4 Å². The molecule has 0 spiro atoms. The highest BCUT2D eigenvalue weighted by molar-refractivity contribution is 7.89. The van der Waals surface area contributed by atoms with Crippen molar-refractivity contribution < 1.29 is 13.2 Å². The normalized spacial score (nSPS) is 15.5. The highest BCUT2D eigenvalue weighted by Gasteiger charge is 2.25. The largest absolute Gasteiger partial charge is 0.307 e. The van der Waals surface area contributed by atoms with E-state index in [2.05, 4.69) is 14.9 Å². The average molecular weight is 461 g/mol. The Hall–Kier alpha value is -2.42. The molecule has 1 fully saturated rings. The smallest absolute Gasteiger partial charge is 0.259 e. The van der Waals surface area contributed by atoms with Crippen molar-refractivity contribution in [2.24, 2.45) is 0 Å². The molecule has 0 atom stereocenters. The first-order valence-corrected chi connectivity index (χ1v) is 12.1. The van der Waals surface area contributed by atoms with Crippen molar-refractivity contribution in [3.8, 4) is 0 Å². The quantitative estimate of drug-likeness (QED) is 0.598. The third-order valence-corrected chi connectivity index (χ3v) is 7.86. The van der Waals surface area contributed by atoms with Gasteiger partial charge in [-0.1, -0.05) is 43.0 Å². The summed E-state index contributed by atoms with van der Waals surface area (Å²) in [6.07, 6.45) is 5.55. The summed E-state index contributed by atoms with van der Waals surface area (Å²) in [7, 11) is -0.813. The molecule has 0 bridgehead atoms. The molecule has 0 aliphatic heterocycles. The molecule has 0 unspecified atom stereocenters. The lowest BCUT2D eigenvalue weighted by molar-refractivity contribution is 0.102. The predicted molar refractivity (Wildman–Crippen MR) is 122 cm³/mol. The number of hydrogen-bond acceptors (Lipinski definition) is 4. The molecule has 1 aromatic heterocycles. The zero-order valence-corrected chi connectivity index (χ0v) is 19.1. The molecular formula is C22H25ClN4O3S. The zero-order valence-electron chi connectivity index (χ0n) is 17.5. The van der Waals surface area contributed by atoms with Crippen LogP contribution in [0.4, 0.5) is 5.95 Å². The van der Waals surface area contributed by atoms with Crippen LogP contribution in [-0.2, 0) is 10.0 Å². The topological polar surface area (TPSA) is 84.3 Å². The molecule has 1 N–H and O–H groups in total. The van der Waals surface area contributed by atoms with E-state index >= 15 is 0 Å². The van der Waals surface area contributed by atoms with E-state index in [1.165, 1.54) is 38.7 Å². The molecule has 164 valence electrons. The maximum atomic E-state index is 13.1. The number of hydrogen-bond donors (Lipinski definition) is 1. The summed E-state index contributed by atoms with van der Waals surface area (Å²) < 4.78 is 28.2. The number of nitrogens with one attached hydrogen (secondary N) is 1. The molecular weight excluding hydrogens is 436 g/mol. The van der Waals surface area contributed by atoms with E-state index in [-0.39, 0.29) is 21.5 Å². The number of carbonyl (C=O) groups is 1. The van der Waals surface area contributed by atoms with Crippen molar-refractivity contribution in [3.05, 3.63) is 53.1 Å². The second-order valence-electron chi connectivity index (χ2n) is 7.97. The van der Waals surface area contributed by atoms with E-state index in [1.807, 2.05) is 24.3 Å². The highest BCUT2D eigenvalue weighted by atomic mass is 35.5. The van der Waals surface area contributed by atoms with Crippen molar-refractivity contribution in [3.63, 3.8) is 0 Å². The van der Waals surface area contributed by atoms with Crippen molar-refractivity contribution in [1.82, 2.24) is 13.9 Å². The van der Waals surface area contributed by atoms with Gasteiger partial charge in [-0.05, 0) is 43.2 Å². The molecule has 2 aromatic carbocycles. The Balaban J connectivity index is 1.73. The van der Waals surface area contributed by atoms with E-state index in [0.29, 0.717) is 5.95 Å². The van der Waals surface area contributed by atoms with Crippen LogP contribution < -0.4 is 5.32 Å². The Morgan fingerprint density at radius 1 is 1.13 bits per heavy atom. The summed E-state index contributed by atoms with van der Waals surface area (Å²) >= 11 is 6.26. The lowest BCUT2D eigenvalue weighted by Gasteiger charge is -2.25. The number of benzene rings is 2. The number of halogens is 1. The molecule has 3 aromatic rings. The van der Waals surface area contributed by atoms with Crippen LogP contribution in [0.25, 0.3) is 11.0 Å². The minimum atomic E-state index is -3.69. The highest BCUT2D eigenvalue weighted by Crippen LogP contribution is 2.34. The fourth-order valence-electron chi connectivity index (χ4n) is 4.06. The number of aromatic nitrogens is 2. The molecule has 4 rings (SSSR count). The molecule has 9 heteroatoms. The third kappa shape index (κ3) is 4.20. The van der Waals surface area contributed by atoms with Crippen LogP contribution in [0.15, 0.2) is 47.4 Å². The first-order chi connectivity index (χ1) is 14.8. The van der Waals surface area contributed by atoms with Crippen molar-refractivity contribution in [1.29, 1.82) is 0 Å². The number of sulfonamides is 1. The molecule has 0 saturated heterocycles. The monoisotopic (exact) mass is 460 g/mol. The molecule has 1 heterocycles. The number of para-hydroxylation sites is 2. The molecule has 1 amide bonds.